The van der Waals surface area contributed by atoms with Crippen molar-refractivity contribution in [3.63, 3.8) is 0 Å². The van der Waals surface area contributed by atoms with Gasteiger partial charge in [0.25, 0.3) is 5.91 Å². The van der Waals surface area contributed by atoms with Crippen LogP contribution in [-0.2, 0) is 6.18 Å². The van der Waals surface area contributed by atoms with Gasteiger partial charge in [-0.3, -0.25) is 4.79 Å². The summed E-state index contributed by atoms with van der Waals surface area (Å²) in [5, 5.41) is 3.08. The molecule has 1 saturated carbocycles. The Morgan fingerprint density at radius 3 is 2.68 bits per heavy atom. The molecule has 28 heavy (non-hydrogen) atoms. The molecular weight excluding hydrogens is 437 g/mol. The first kappa shape index (κ1) is 19.2. The van der Waals surface area contributed by atoms with Crippen molar-refractivity contribution in [2.75, 3.05) is 18.4 Å². The molecule has 1 spiro atoms. The molecule has 0 unspecified atom stereocenters. The van der Waals surface area contributed by atoms with Gasteiger partial charge in [0.05, 0.1) is 5.56 Å². The van der Waals surface area contributed by atoms with Gasteiger partial charge in [0.1, 0.15) is 11.5 Å². The molecule has 0 radical (unpaired) electrons. The highest BCUT2D eigenvalue weighted by atomic mass is 79.9. The molecule has 1 saturated heterocycles. The maximum Gasteiger partial charge on any atom is 0.417 e. The molecule has 3 heterocycles. The number of carbonyl (C=O) groups excluding carboxylic acids is 1. The Morgan fingerprint density at radius 1 is 1.29 bits per heavy atom. The van der Waals surface area contributed by atoms with E-state index in [2.05, 4.69) is 31.2 Å². The van der Waals surface area contributed by atoms with E-state index < -0.39 is 11.7 Å². The van der Waals surface area contributed by atoms with Crippen molar-refractivity contribution in [2.24, 2.45) is 5.41 Å². The lowest BCUT2D eigenvalue weighted by Gasteiger charge is -2.25. The van der Waals surface area contributed by atoms with Gasteiger partial charge < -0.3 is 10.2 Å². The molecule has 2 aromatic rings. The first-order chi connectivity index (χ1) is 13.3. The van der Waals surface area contributed by atoms with E-state index in [-0.39, 0.29) is 17.4 Å². The lowest BCUT2D eigenvalue weighted by molar-refractivity contribution is -0.137. The van der Waals surface area contributed by atoms with Gasteiger partial charge in [-0.2, -0.15) is 13.2 Å². The Labute approximate surface area is 168 Å². The van der Waals surface area contributed by atoms with Crippen LogP contribution in [0, 0.1) is 5.41 Å². The summed E-state index contributed by atoms with van der Waals surface area (Å²) in [6.07, 6.45) is 1.05. The second-order valence-corrected chi connectivity index (χ2v) is 8.29. The number of halogens is 4. The normalized spacial score (nSPS) is 20.4. The molecule has 1 aliphatic heterocycles. The maximum atomic E-state index is 13.0. The van der Waals surface area contributed by atoms with Crippen LogP contribution in [0.1, 0.15) is 35.3 Å². The number of alkyl halides is 3. The number of rotatable bonds is 4. The average Bonchev–Trinajstić information content (AvgIpc) is 3.31. The van der Waals surface area contributed by atoms with Crippen molar-refractivity contribution in [1.29, 1.82) is 0 Å². The summed E-state index contributed by atoms with van der Waals surface area (Å²) in [6.45, 7) is 1.11. The molecule has 5 nitrogen and oxygen atoms in total. The van der Waals surface area contributed by atoms with Crippen LogP contribution in [0.5, 0.6) is 0 Å². The number of hydrogen-bond acceptors (Lipinski definition) is 4. The summed E-state index contributed by atoms with van der Waals surface area (Å²) in [7, 11) is 0. The molecule has 0 bridgehead atoms. The quantitative estimate of drug-likeness (QED) is 0.745. The number of likely N-dealkylation sites (tertiary alicyclic amines) is 1. The number of aromatic nitrogens is 2. The minimum absolute atomic E-state index is 0.0620. The molecular formula is C19H18BrF3N4O. The highest BCUT2D eigenvalue weighted by Gasteiger charge is 2.53. The van der Waals surface area contributed by atoms with Crippen LogP contribution in [0.2, 0.25) is 0 Å². The summed E-state index contributed by atoms with van der Waals surface area (Å²) >= 11 is 3.38. The van der Waals surface area contributed by atoms with Gasteiger partial charge in [-0.15, -0.1) is 0 Å². The van der Waals surface area contributed by atoms with Gasteiger partial charge in [-0.1, -0.05) is 0 Å². The van der Waals surface area contributed by atoms with Gasteiger partial charge >= 0.3 is 6.18 Å². The fourth-order valence-corrected chi connectivity index (χ4v) is 4.12. The highest BCUT2D eigenvalue weighted by molar-refractivity contribution is 9.10. The van der Waals surface area contributed by atoms with E-state index in [4.69, 9.17) is 0 Å². The molecule has 9 heteroatoms. The van der Waals surface area contributed by atoms with Gasteiger partial charge in [0.2, 0.25) is 0 Å². The van der Waals surface area contributed by atoms with E-state index in [0.29, 0.717) is 29.1 Å². The van der Waals surface area contributed by atoms with Crippen LogP contribution in [0.15, 0.2) is 41.1 Å². The molecule has 2 fully saturated rings. The monoisotopic (exact) mass is 454 g/mol. The Balaban J connectivity index is 1.46. The zero-order chi connectivity index (χ0) is 19.9. The first-order valence-electron chi connectivity index (χ1n) is 8.96. The number of nitrogens with zero attached hydrogens (tertiary/aromatic N) is 3. The van der Waals surface area contributed by atoms with Crippen LogP contribution in [-0.4, -0.2) is 39.9 Å². The fraction of sp³-hybridized carbons (Fsp3) is 0.421. The number of pyridine rings is 2. The third-order valence-corrected chi connectivity index (χ3v) is 6.04. The van der Waals surface area contributed by atoms with Gasteiger partial charge in [-0.25, -0.2) is 9.97 Å². The predicted molar refractivity (Wildman–Crippen MR) is 101 cm³/mol. The maximum absolute atomic E-state index is 13.0. The standard InChI is InChI=1S/C19H18BrF3N4O/c20-14-2-1-7-24-16(14)17(28)27-11-18(5-6-18)8-13(27)10-26-15-4-3-12(9-25-15)19(21,22)23/h1-4,7,9,13H,5-6,8,10-11H2,(H,25,26)/t13-/m0/s1. The molecule has 1 amide bonds. The Bertz CT molecular complexity index is 883. The summed E-state index contributed by atoms with van der Waals surface area (Å²) in [5.41, 5.74) is -0.234. The molecule has 1 atom stereocenters. The number of carbonyl (C=O) groups is 1. The summed E-state index contributed by atoms with van der Waals surface area (Å²) in [5.74, 6) is 0.222. The molecule has 2 aromatic heterocycles. The topological polar surface area (TPSA) is 58.1 Å². The molecule has 1 N–H and O–H groups in total. The minimum Gasteiger partial charge on any atom is -0.368 e. The molecule has 0 aromatic carbocycles. The van der Waals surface area contributed by atoms with Crippen molar-refractivity contribution >= 4 is 27.7 Å². The molecule has 1 aliphatic carbocycles. The zero-order valence-corrected chi connectivity index (χ0v) is 16.4. The van der Waals surface area contributed by atoms with E-state index >= 15 is 0 Å². The van der Waals surface area contributed by atoms with Crippen molar-refractivity contribution in [1.82, 2.24) is 14.9 Å². The van der Waals surface area contributed by atoms with E-state index in [9.17, 15) is 18.0 Å². The summed E-state index contributed by atoms with van der Waals surface area (Å²) < 4.78 is 38.6. The van der Waals surface area contributed by atoms with Crippen molar-refractivity contribution in [3.05, 3.63) is 52.4 Å². The SMILES string of the molecule is O=C(c1ncccc1Br)N1CC2(CC2)C[C@H]1CNc1ccc(C(F)(F)F)cn1. The zero-order valence-electron chi connectivity index (χ0n) is 14.8. The Hall–Kier alpha value is -2.16. The third kappa shape index (κ3) is 3.85. The molecule has 4 rings (SSSR count). The van der Waals surface area contributed by atoms with Crippen LogP contribution in [0.4, 0.5) is 19.0 Å². The second kappa shape index (κ2) is 7.02. The van der Waals surface area contributed by atoms with E-state index in [0.717, 1.165) is 31.5 Å². The van der Waals surface area contributed by atoms with Crippen molar-refractivity contribution in [2.45, 2.75) is 31.5 Å². The second-order valence-electron chi connectivity index (χ2n) is 7.44. The highest BCUT2D eigenvalue weighted by Crippen LogP contribution is 2.55. The Morgan fingerprint density at radius 2 is 2.07 bits per heavy atom. The average molecular weight is 455 g/mol. The number of hydrogen-bond donors (Lipinski definition) is 1. The van der Waals surface area contributed by atoms with E-state index in [1.807, 2.05) is 4.90 Å². The van der Waals surface area contributed by atoms with Crippen molar-refractivity contribution in [3.8, 4) is 0 Å². The van der Waals surface area contributed by atoms with Crippen LogP contribution in [0.25, 0.3) is 0 Å². The Kier molecular flexibility index (Phi) is 4.81. The third-order valence-electron chi connectivity index (χ3n) is 5.40. The largest absolute Gasteiger partial charge is 0.417 e. The van der Waals surface area contributed by atoms with Crippen LogP contribution >= 0.6 is 15.9 Å². The fourth-order valence-electron chi connectivity index (χ4n) is 3.69. The van der Waals surface area contributed by atoms with Crippen molar-refractivity contribution < 1.29 is 18.0 Å². The lowest BCUT2D eigenvalue weighted by atomic mass is 10.0. The minimum atomic E-state index is -4.41. The predicted octanol–water partition coefficient (Wildman–Crippen LogP) is 4.36. The first-order valence-corrected chi connectivity index (χ1v) is 9.75. The van der Waals surface area contributed by atoms with Crippen LogP contribution in [0.3, 0.4) is 0 Å². The van der Waals surface area contributed by atoms with Gasteiger partial charge in [-0.05, 0) is 64.9 Å². The number of amides is 1. The molecule has 148 valence electrons. The van der Waals surface area contributed by atoms with E-state index in [1.165, 1.54) is 6.07 Å². The number of nitrogens with one attached hydrogen (secondary N) is 1. The smallest absolute Gasteiger partial charge is 0.368 e. The summed E-state index contributed by atoms with van der Waals surface area (Å²) in [6, 6.07) is 5.78. The van der Waals surface area contributed by atoms with Gasteiger partial charge in [0, 0.05) is 36.0 Å². The molecule has 2 aliphatic rings. The number of anilines is 1. The summed E-state index contributed by atoms with van der Waals surface area (Å²) in [4.78, 5) is 22.9. The van der Waals surface area contributed by atoms with Crippen LogP contribution < -0.4 is 5.32 Å². The van der Waals surface area contributed by atoms with E-state index in [1.54, 1.807) is 18.3 Å². The van der Waals surface area contributed by atoms with Gasteiger partial charge in [0.15, 0.2) is 0 Å². The lowest BCUT2D eigenvalue weighted by Crippen LogP contribution is -2.40.